The molecule has 2 aromatic rings. The fourth-order valence-electron chi connectivity index (χ4n) is 3.42. The van der Waals surface area contributed by atoms with E-state index >= 15 is 0 Å². The van der Waals surface area contributed by atoms with Gasteiger partial charge in [-0.1, -0.05) is 29.8 Å². The highest BCUT2D eigenvalue weighted by Crippen LogP contribution is 2.38. The predicted molar refractivity (Wildman–Crippen MR) is 94.1 cm³/mol. The number of amides is 1. The Bertz CT molecular complexity index is 817. The normalized spacial score (nSPS) is 21.4. The van der Waals surface area contributed by atoms with Gasteiger partial charge in [-0.3, -0.25) is 4.79 Å². The Morgan fingerprint density at radius 2 is 2.12 bits per heavy atom. The summed E-state index contributed by atoms with van der Waals surface area (Å²) in [5, 5.41) is 13.0. The third-order valence-electron chi connectivity index (χ3n) is 4.75. The lowest BCUT2D eigenvalue weighted by Crippen LogP contribution is -2.36. The van der Waals surface area contributed by atoms with E-state index < -0.39 is 12.2 Å². The first-order chi connectivity index (χ1) is 12.1. The molecule has 0 spiro atoms. The number of nitrogens with one attached hydrogen (secondary N) is 1. The van der Waals surface area contributed by atoms with Crippen molar-refractivity contribution in [2.45, 2.75) is 38.4 Å². The van der Waals surface area contributed by atoms with Crippen molar-refractivity contribution in [2.75, 3.05) is 11.9 Å². The summed E-state index contributed by atoms with van der Waals surface area (Å²) in [7, 11) is 0. The number of aryl methyl sites for hydroxylation is 2. The second-order valence-corrected chi connectivity index (χ2v) is 6.62. The van der Waals surface area contributed by atoms with Crippen LogP contribution in [-0.2, 0) is 11.2 Å². The molecule has 0 saturated carbocycles. The van der Waals surface area contributed by atoms with Gasteiger partial charge in [0.2, 0.25) is 0 Å². The zero-order chi connectivity index (χ0) is 17.4. The number of carbonyl (C=O) groups is 1. The predicted octanol–water partition coefficient (Wildman–Crippen LogP) is 3.14. The highest BCUT2D eigenvalue weighted by atomic mass is 16.5. The average Bonchev–Trinajstić information content (AvgIpc) is 2.62. The lowest BCUT2D eigenvalue weighted by atomic mass is 9.99. The van der Waals surface area contributed by atoms with Gasteiger partial charge in [0.15, 0.2) is 6.10 Å². The molecular weight excluding hydrogens is 318 g/mol. The summed E-state index contributed by atoms with van der Waals surface area (Å²) in [6.45, 7) is 2.49. The van der Waals surface area contributed by atoms with E-state index in [-0.39, 0.29) is 5.91 Å². The Kier molecular flexibility index (Phi) is 4.09. The van der Waals surface area contributed by atoms with Crippen molar-refractivity contribution in [2.24, 2.45) is 0 Å². The number of carbonyl (C=O) groups excluding carboxylic acids is 1. The van der Waals surface area contributed by atoms with Crippen molar-refractivity contribution in [1.82, 2.24) is 0 Å². The summed E-state index contributed by atoms with van der Waals surface area (Å²) in [6, 6.07) is 11.4. The van der Waals surface area contributed by atoms with Crippen LogP contribution in [0.2, 0.25) is 0 Å². The summed E-state index contributed by atoms with van der Waals surface area (Å²) in [5.41, 5.74) is 3.64. The first-order valence-corrected chi connectivity index (χ1v) is 8.62. The van der Waals surface area contributed by atoms with Crippen molar-refractivity contribution < 1.29 is 19.4 Å². The van der Waals surface area contributed by atoms with E-state index in [4.69, 9.17) is 9.47 Å². The number of benzene rings is 2. The summed E-state index contributed by atoms with van der Waals surface area (Å²) >= 11 is 0. The fourth-order valence-corrected chi connectivity index (χ4v) is 3.42. The first-order valence-electron chi connectivity index (χ1n) is 8.62. The van der Waals surface area contributed by atoms with Gasteiger partial charge in [-0.15, -0.1) is 0 Å². The number of rotatable bonds is 2. The van der Waals surface area contributed by atoms with Crippen LogP contribution < -0.4 is 14.8 Å². The quantitative estimate of drug-likeness (QED) is 0.882. The highest BCUT2D eigenvalue weighted by molar-refractivity contribution is 5.96. The van der Waals surface area contributed by atoms with Crippen LogP contribution in [0.4, 0.5) is 5.69 Å². The van der Waals surface area contributed by atoms with Crippen LogP contribution >= 0.6 is 0 Å². The van der Waals surface area contributed by atoms with Crippen molar-refractivity contribution in [3.63, 3.8) is 0 Å². The molecule has 2 heterocycles. The van der Waals surface area contributed by atoms with E-state index in [0.717, 1.165) is 23.3 Å². The maximum absolute atomic E-state index is 12.7. The van der Waals surface area contributed by atoms with Crippen LogP contribution in [0.25, 0.3) is 0 Å². The monoisotopic (exact) mass is 339 g/mol. The van der Waals surface area contributed by atoms with Crippen molar-refractivity contribution in [3.8, 4) is 11.5 Å². The number of fused-ring (bicyclic) bond motifs is 2. The Balaban J connectivity index is 1.52. The molecule has 2 aliphatic heterocycles. The van der Waals surface area contributed by atoms with E-state index in [0.29, 0.717) is 30.9 Å². The van der Waals surface area contributed by atoms with Crippen LogP contribution in [0.5, 0.6) is 11.5 Å². The maximum atomic E-state index is 12.7. The van der Waals surface area contributed by atoms with Gasteiger partial charge in [0, 0.05) is 12.0 Å². The van der Waals surface area contributed by atoms with Gasteiger partial charge in [0.1, 0.15) is 11.5 Å². The fraction of sp³-hybridized carbons (Fsp3) is 0.350. The number of anilines is 1. The SMILES string of the molecule is Cc1ccc2c(c1)CC[C@H](C(=O)Nc1cccc3c1OCC[C@@H]3O)O2. The van der Waals surface area contributed by atoms with Gasteiger partial charge in [-0.25, -0.2) is 0 Å². The van der Waals surface area contributed by atoms with E-state index in [1.165, 1.54) is 5.56 Å². The van der Waals surface area contributed by atoms with Crippen LogP contribution in [0.15, 0.2) is 36.4 Å². The molecule has 0 bridgehead atoms. The van der Waals surface area contributed by atoms with Crippen molar-refractivity contribution in [3.05, 3.63) is 53.1 Å². The van der Waals surface area contributed by atoms with Crippen molar-refractivity contribution in [1.29, 1.82) is 0 Å². The zero-order valence-corrected chi connectivity index (χ0v) is 14.1. The maximum Gasteiger partial charge on any atom is 0.265 e. The molecule has 0 fully saturated rings. The van der Waals surface area contributed by atoms with Gasteiger partial charge in [-0.05, 0) is 37.5 Å². The molecule has 130 valence electrons. The average molecular weight is 339 g/mol. The molecule has 0 radical (unpaired) electrons. The third-order valence-corrected chi connectivity index (χ3v) is 4.75. The number of para-hydroxylation sites is 1. The molecule has 1 amide bonds. The summed E-state index contributed by atoms with van der Waals surface area (Å²) < 4.78 is 11.6. The van der Waals surface area contributed by atoms with Crippen LogP contribution in [-0.4, -0.2) is 23.7 Å². The van der Waals surface area contributed by atoms with E-state index in [9.17, 15) is 9.90 Å². The molecule has 2 aromatic carbocycles. The Hall–Kier alpha value is -2.53. The van der Waals surface area contributed by atoms with Crippen LogP contribution in [0.1, 0.15) is 35.6 Å². The largest absolute Gasteiger partial charge is 0.491 e. The Morgan fingerprint density at radius 3 is 3.00 bits per heavy atom. The highest BCUT2D eigenvalue weighted by Gasteiger charge is 2.28. The van der Waals surface area contributed by atoms with Gasteiger partial charge < -0.3 is 19.9 Å². The molecule has 5 heteroatoms. The topological polar surface area (TPSA) is 67.8 Å². The van der Waals surface area contributed by atoms with E-state index in [2.05, 4.69) is 11.4 Å². The molecule has 4 rings (SSSR count). The Labute approximate surface area is 146 Å². The second kappa shape index (κ2) is 6.41. The number of hydrogen-bond acceptors (Lipinski definition) is 4. The second-order valence-electron chi connectivity index (χ2n) is 6.62. The summed E-state index contributed by atoms with van der Waals surface area (Å²) in [5.74, 6) is 1.14. The number of aliphatic hydroxyl groups excluding tert-OH is 1. The number of ether oxygens (including phenoxy) is 2. The smallest absolute Gasteiger partial charge is 0.265 e. The van der Waals surface area contributed by atoms with E-state index in [1.54, 1.807) is 6.07 Å². The minimum absolute atomic E-state index is 0.191. The zero-order valence-electron chi connectivity index (χ0n) is 14.1. The molecule has 0 saturated heterocycles. The standard InChI is InChI=1S/C20H21NO4/c1-12-5-7-17-13(11-12)6-8-18(25-17)20(23)21-15-4-2-3-14-16(22)9-10-24-19(14)15/h2-5,7,11,16,18,22H,6,8-10H2,1H3,(H,21,23)/t16-,18+/m0/s1. The molecule has 0 aliphatic carbocycles. The molecule has 5 nitrogen and oxygen atoms in total. The number of aliphatic hydroxyl groups is 1. The molecule has 2 atom stereocenters. The van der Waals surface area contributed by atoms with Crippen molar-refractivity contribution >= 4 is 11.6 Å². The molecule has 2 N–H and O–H groups in total. The number of hydrogen-bond donors (Lipinski definition) is 2. The molecular formula is C20H21NO4. The summed E-state index contributed by atoms with van der Waals surface area (Å²) in [6.07, 6.45) is 0.936. The van der Waals surface area contributed by atoms with Gasteiger partial charge in [0.05, 0.1) is 18.4 Å². The van der Waals surface area contributed by atoms with Crippen LogP contribution in [0.3, 0.4) is 0 Å². The molecule has 0 aromatic heterocycles. The lowest BCUT2D eigenvalue weighted by Gasteiger charge is -2.27. The van der Waals surface area contributed by atoms with Gasteiger partial charge in [0.25, 0.3) is 5.91 Å². The van der Waals surface area contributed by atoms with Gasteiger partial charge in [-0.2, -0.15) is 0 Å². The molecule has 25 heavy (non-hydrogen) atoms. The summed E-state index contributed by atoms with van der Waals surface area (Å²) in [4.78, 5) is 12.7. The molecule has 2 aliphatic rings. The minimum Gasteiger partial charge on any atom is -0.491 e. The molecule has 0 unspecified atom stereocenters. The third kappa shape index (κ3) is 3.07. The van der Waals surface area contributed by atoms with E-state index in [1.807, 2.05) is 31.2 Å². The first kappa shape index (κ1) is 16.0. The van der Waals surface area contributed by atoms with Gasteiger partial charge >= 0.3 is 0 Å². The lowest BCUT2D eigenvalue weighted by molar-refractivity contribution is -0.123. The minimum atomic E-state index is -0.554. The van der Waals surface area contributed by atoms with Crippen LogP contribution in [0, 0.1) is 6.92 Å². The Morgan fingerprint density at radius 1 is 1.24 bits per heavy atom.